The number of amides is 1. The zero-order chi connectivity index (χ0) is 27.2. The largest absolute Gasteiger partial charge is 0.480 e. The maximum atomic E-state index is 14.9. The summed E-state index contributed by atoms with van der Waals surface area (Å²) in [6.45, 7) is 1.97. The van der Waals surface area contributed by atoms with Crippen LogP contribution in [-0.4, -0.2) is 32.5 Å². The number of anilines is 1. The summed E-state index contributed by atoms with van der Waals surface area (Å²) in [5.74, 6) is -6.34. The Kier molecular flexibility index (Phi) is 6.88. The van der Waals surface area contributed by atoms with Gasteiger partial charge in [0.25, 0.3) is 5.91 Å². The fraction of sp³-hybridized carbons (Fsp3) is 0.286. The summed E-state index contributed by atoms with van der Waals surface area (Å²) in [6, 6.07) is 4.50. The van der Waals surface area contributed by atoms with E-state index in [1.54, 1.807) is 0 Å². The van der Waals surface area contributed by atoms with Crippen LogP contribution in [0.1, 0.15) is 28.7 Å². The third-order valence-electron chi connectivity index (χ3n) is 4.98. The van der Waals surface area contributed by atoms with E-state index in [4.69, 9.17) is 4.74 Å². The molecule has 1 unspecified atom stereocenters. The zero-order valence-corrected chi connectivity index (χ0v) is 18.6. The Bertz CT molecular complexity index is 1350. The number of hydrogen-bond donors (Lipinski definition) is 1. The van der Waals surface area contributed by atoms with Gasteiger partial charge in [0.1, 0.15) is 23.1 Å². The SMILES string of the molecule is Cc1cccc(F)c1NC(=O)c1cc(F)c(-n2nc(C(F)(F)F)n(C)c2=O)cc1OC(C)C(F)(F)F. The van der Waals surface area contributed by atoms with E-state index in [0.29, 0.717) is 26.1 Å². The number of aromatic nitrogens is 3. The normalized spacial score (nSPS) is 13.0. The van der Waals surface area contributed by atoms with Crippen molar-refractivity contribution in [3.63, 3.8) is 0 Å². The second-order valence-electron chi connectivity index (χ2n) is 7.56. The van der Waals surface area contributed by atoms with Gasteiger partial charge < -0.3 is 10.1 Å². The molecule has 7 nitrogen and oxygen atoms in total. The van der Waals surface area contributed by atoms with Crippen LogP contribution in [0.5, 0.6) is 5.75 Å². The molecule has 194 valence electrons. The number of halogens is 8. The van der Waals surface area contributed by atoms with Crippen molar-refractivity contribution in [1.82, 2.24) is 14.3 Å². The fourth-order valence-corrected chi connectivity index (χ4v) is 3.05. The lowest BCUT2D eigenvalue weighted by atomic mass is 10.1. The number of alkyl halides is 6. The molecule has 15 heteroatoms. The first kappa shape index (κ1) is 26.7. The van der Waals surface area contributed by atoms with Crippen LogP contribution >= 0.6 is 0 Å². The molecule has 0 saturated heterocycles. The Labute approximate surface area is 196 Å². The summed E-state index contributed by atoms with van der Waals surface area (Å²) in [7, 11) is 0.703. The minimum Gasteiger partial charge on any atom is -0.480 e. The van der Waals surface area contributed by atoms with Gasteiger partial charge in [-0.2, -0.15) is 31.0 Å². The number of hydrogen-bond acceptors (Lipinski definition) is 4. The van der Waals surface area contributed by atoms with Crippen molar-refractivity contribution in [2.24, 2.45) is 7.05 Å². The Morgan fingerprint density at radius 2 is 1.72 bits per heavy atom. The molecule has 1 atom stereocenters. The molecule has 3 rings (SSSR count). The van der Waals surface area contributed by atoms with Gasteiger partial charge in [-0.25, -0.2) is 13.6 Å². The van der Waals surface area contributed by atoms with E-state index in [2.05, 4.69) is 10.4 Å². The van der Waals surface area contributed by atoms with Gasteiger partial charge in [-0.3, -0.25) is 9.36 Å². The van der Waals surface area contributed by atoms with Gasteiger partial charge in [0.05, 0.1) is 11.3 Å². The highest BCUT2D eigenvalue weighted by Gasteiger charge is 2.40. The van der Waals surface area contributed by atoms with Crippen LogP contribution in [0.15, 0.2) is 35.1 Å². The minimum absolute atomic E-state index is 0.0357. The molecule has 0 aliphatic rings. The second-order valence-corrected chi connectivity index (χ2v) is 7.56. The first-order valence-corrected chi connectivity index (χ1v) is 9.89. The Balaban J connectivity index is 2.18. The van der Waals surface area contributed by atoms with Crippen LogP contribution in [-0.2, 0) is 13.2 Å². The molecule has 0 bridgehead atoms. The summed E-state index contributed by atoms with van der Waals surface area (Å²) in [6.07, 6.45) is -12.6. The number of rotatable bonds is 5. The van der Waals surface area contributed by atoms with Gasteiger partial charge >= 0.3 is 18.0 Å². The molecule has 1 N–H and O–H groups in total. The summed E-state index contributed by atoms with van der Waals surface area (Å²) >= 11 is 0. The Morgan fingerprint density at radius 1 is 1.08 bits per heavy atom. The van der Waals surface area contributed by atoms with Crippen molar-refractivity contribution >= 4 is 11.6 Å². The number of nitrogens with one attached hydrogen (secondary N) is 1. The van der Waals surface area contributed by atoms with Gasteiger partial charge in [-0.05, 0) is 31.5 Å². The molecule has 0 saturated carbocycles. The zero-order valence-electron chi connectivity index (χ0n) is 18.6. The van der Waals surface area contributed by atoms with Crippen LogP contribution in [0, 0.1) is 18.6 Å². The maximum absolute atomic E-state index is 14.9. The van der Waals surface area contributed by atoms with Gasteiger partial charge in [-0.15, -0.1) is 5.10 Å². The number of para-hydroxylation sites is 1. The number of aryl methyl sites for hydroxylation is 1. The van der Waals surface area contributed by atoms with Gasteiger partial charge in [-0.1, -0.05) is 12.1 Å². The lowest BCUT2D eigenvalue weighted by Gasteiger charge is -2.20. The van der Waals surface area contributed by atoms with Crippen molar-refractivity contribution in [2.45, 2.75) is 32.3 Å². The average molecular weight is 524 g/mol. The highest BCUT2D eigenvalue weighted by atomic mass is 19.4. The van der Waals surface area contributed by atoms with Crippen LogP contribution in [0.3, 0.4) is 0 Å². The molecule has 0 aliphatic carbocycles. The third-order valence-corrected chi connectivity index (χ3v) is 4.98. The highest BCUT2D eigenvalue weighted by Crippen LogP contribution is 2.32. The third kappa shape index (κ3) is 5.18. The van der Waals surface area contributed by atoms with E-state index in [-0.39, 0.29) is 20.5 Å². The van der Waals surface area contributed by atoms with Crippen LogP contribution < -0.4 is 15.7 Å². The second kappa shape index (κ2) is 9.28. The van der Waals surface area contributed by atoms with Crippen LogP contribution in [0.4, 0.5) is 40.8 Å². The molecule has 1 heterocycles. The quantitative estimate of drug-likeness (QED) is 0.489. The first-order chi connectivity index (χ1) is 16.5. The predicted octanol–water partition coefficient (Wildman–Crippen LogP) is 4.76. The lowest BCUT2D eigenvalue weighted by Crippen LogP contribution is -2.32. The topological polar surface area (TPSA) is 78.2 Å². The minimum atomic E-state index is -5.11. The molecule has 36 heavy (non-hydrogen) atoms. The summed E-state index contributed by atoms with van der Waals surface area (Å²) in [5, 5.41) is 5.12. The van der Waals surface area contributed by atoms with Crippen molar-refractivity contribution in [2.75, 3.05) is 5.32 Å². The molecular formula is C21H16F8N4O3. The lowest BCUT2D eigenvalue weighted by molar-refractivity contribution is -0.189. The molecule has 3 aromatic rings. The van der Waals surface area contributed by atoms with E-state index in [0.717, 1.165) is 6.07 Å². The Morgan fingerprint density at radius 3 is 2.25 bits per heavy atom. The van der Waals surface area contributed by atoms with E-state index >= 15 is 0 Å². The van der Waals surface area contributed by atoms with E-state index < -0.39 is 64.5 Å². The maximum Gasteiger partial charge on any atom is 0.451 e. The van der Waals surface area contributed by atoms with Gasteiger partial charge in [0.2, 0.25) is 5.82 Å². The van der Waals surface area contributed by atoms with E-state index in [1.165, 1.54) is 19.1 Å². The summed E-state index contributed by atoms with van der Waals surface area (Å²) in [5.41, 5.74) is -3.47. The summed E-state index contributed by atoms with van der Waals surface area (Å²) < 4.78 is 113. The number of carbonyl (C=O) groups excluding carboxylic acids is 1. The Hall–Kier alpha value is -3.91. The van der Waals surface area contributed by atoms with Crippen molar-refractivity contribution in [3.05, 3.63) is 69.4 Å². The molecule has 1 aromatic heterocycles. The van der Waals surface area contributed by atoms with Crippen LogP contribution in [0.2, 0.25) is 0 Å². The first-order valence-electron chi connectivity index (χ1n) is 9.89. The molecular weight excluding hydrogens is 508 g/mol. The smallest absolute Gasteiger partial charge is 0.451 e. The molecule has 2 aromatic carbocycles. The fourth-order valence-electron chi connectivity index (χ4n) is 3.05. The summed E-state index contributed by atoms with van der Waals surface area (Å²) in [4.78, 5) is 25.1. The van der Waals surface area contributed by atoms with Crippen molar-refractivity contribution in [1.29, 1.82) is 0 Å². The van der Waals surface area contributed by atoms with Gasteiger partial charge in [0, 0.05) is 13.1 Å². The van der Waals surface area contributed by atoms with E-state index in [9.17, 15) is 44.7 Å². The van der Waals surface area contributed by atoms with Gasteiger partial charge in [0.15, 0.2) is 6.10 Å². The average Bonchev–Trinajstić information content (AvgIpc) is 3.05. The monoisotopic (exact) mass is 524 g/mol. The number of carbonyl (C=O) groups is 1. The molecule has 0 radical (unpaired) electrons. The predicted molar refractivity (Wildman–Crippen MR) is 109 cm³/mol. The van der Waals surface area contributed by atoms with Crippen molar-refractivity contribution in [3.8, 4) is 11.4 Å². The molecule has 0 aliphatic heterocycles. The standard InChI is InChI=1S/C21H16F8N4O3/c1-9-5-4-6-12(22)16(9)30-17(34)11-7-13(23)14(8-15(11)36-10(2)20(24,25)26)33-19(35)32(3)18(31-33)21(27,28)29/h4-8,10H,1-3H3,(H,30,34). The highest BCUT2D eigenvalue weighted by molar-refractivity contribution is 6.06. The number of benzene rings is 2. The van der Waals surface area contributed by atoms with E-state index in [1.807, 2.05) is 0 Å². The van der Waals surface area contributed by atoms with Crippen molar-refractivity contribution < 1.29 is 44.7 Å². The molecule has 1 amide bonds. The molecule has 0 spiro atoms. The van der Waals surface area contributed by atoms with Crippen LogP contribution in [0.25, 0.3) is 5.69 Å². The molecule has 0 fully saturated rings. The number of nitrogens with zero attached hydrogens (tertiary/aromatic N) is 3. The number of ether oxygens (including phenoxy) is 1.